The number of carbonyl (C=O) groups is 2. The molecule has 4 atom stereocenters. The Morgan fingerprint density at radius 1 is 1.07 bits per heavy atom. The van der Waals surface area contributed by atoms with E-state index in [2.05, 4.69) is 34.3 Å². The molecule has 2 aliphatic heterocycles. The lowest BCUT2D eigenvalue weighted by Gasteiger charge is -2.42. The summed E-state index contributed by atoms with van der Waals surface area (Å²) in [7, 11) is 3.86. The molecule has 1 aromatic carbocycles. The summed E-state index contributed by atoms with van der Waals surface area (Å²) < 4.78 is 5.70. The average Bonchev–Trinajstić information content (AvgIpc) is 3.16. The number of benzene rings is 1. The second-order valence-electron chi connectivity index (χ2n) is 9.53. The monoisotopic (exact) mass is 413 g/mol. The smallest absolute Gasteiger partial charge is 0.233 e. The van der Waals surface area contributed by atoms with Crippen molar-refractivity contribution in [2.24, 2.45) is 11.8 Å². The van der Waals surface area contributed by atoms with Gasteiger partial charge in [0.25, 0.3) is 0 Å². The average molecular weight is 414 g/mol. The van der Waals surface area contributed by atoms with Gasteiger partial charge in [-0.05, 0) is 63.2 Å². The number of ether oxygens (including phenoxy) is 1. The number of methoxy groups -OCH3 is 1. The summed E-state index contributed by atoms with van der Waals surface area (Å²) in [4.78, 5) is 30.1. The normalized spacial score (nSPS) is 31.2. The van der Waals surface area contributed by atoms with Crippen LogP contribution < -0.4 is 5.32 Å². The van der Waals surface area contributed by atoms with E-state index in [0.717, 1.165) is 57.4 Å². The van der Waals surface area contributed by atoms with E-state index >= 15 is 0 Å². The SMILES string of the molecule is CO[C@@H]1C[C@H]2CN(C(=O)C3(c4ccccc4)CCN(C)CC3)C[C@H]2C[C@H]1NC(C)=O. The maximum absolute atomic E-state index is 14.0. The zero-order valence-corrected chi connectivity index (χ0v) is 18.5. The van der Waals surface area contributed by atoms with E-state index in [4.69, 9.17) is 4.74 Å². The van der Waals surface area contributed by atoms with Gasteiger partial charge in [-0.25, -0.2) is 0 Å². The number of hydrogen-bond donors (Lipinski definition) is 1. The number of piperidine rings is 1. The van der Waals surface area contributed by atoms with Crippen molar-refractivity contribution in [3.63, 3.8) is 0 Å². The fourth-order valence-corrected chi connectivity index (χ4v) is 5.94. The molecule has 1 N–H and O–H groups in total. The quantitative estimate of drug-likeness (QED) is 0.821. The summed E-state index contributed by atoms with van der Waals surface area (Å²) in [6, 6.07) is 10.4. The predicted molar refractivity (Wildman–Crippen MR) is 116 cm³/mol. The van der Waals surface area contributed by atoms with Crippen LogP contribution in [0.5, 0.6) is 0 Å². The van der Waals surface area contributed by atoms with Crippen LogP contribution in [0.15, 0.2) is 30.3 Å². The van der Waals surface area contributed by atoms with E-state index in [9.17, 15) is 9.59 Å². The number of fused-ring (bicyclic) bond motifs is 1. The number of nitrogens with one attached hydrogen (secondary N) is 1. The van der Waals surface area contributed by atoms with Gasteiger partial charge >= 0.3 is 0 Å². The third kappa shape index (κ3) is 4.00. The van der Waals surface area contributed by atoms with Crippen molar-refractivity contribution in [2.45, 2.75) is 50.2 Å². The molecule has 0 aromatic heterocycles. The first-order valence-electron chi connectivity index (χ1n) is 11.3. The number of hydrogen-bond acceptors (Lipinski definition) is 4. The zero-order valence-electron chi connectivity index (χ0n) is 18.5. The third-order valence-electron chi connectivity index (χ3n) is 7.67. The molecule has 30 heavy (non-hydrogen) atoms. The van der Waals surface area contributed by atoms with Crippen molar-refractivity contribution in [1.29, 1.82) is 0 Å². The van der Waals surface area contributed by atoms with Crippen molar-refractivity contribution >= 4 is 11.8 Å². The van der Waals surface area contributed by atoms with E-state index in [1.165, 1.54) is 0 Å². The Morgan fingerprint density at radius 2 is 1.70 bits per heavy atom. The maximum Gasteiger partial charge on any atom is 0.233 e. The molecule has 6 nitrogen and oxygen atoms in total. The molecular weight excluding hydrogens is 378 g/mol. The van der Waals surface area contributed by atoms with Gasteiger partial charge in [0, 0.05) is 27.1 Å². The van der Waals surface area contributed by atoms with Crippen LogP contribution in [-0.2, 0) is 19.7 Å². The highest BCUT2D eigenvalue weighted by Gasteiger charge is 2.49. The van der Waals surface area contributed by atoms with Crippen molar-refractivity contribution in [1.82, 2.24) is 15.1 Å². The van der Waals surface area contributed by atoms with Gasteiger partial charge in [-0.15, -0.1) is 0 Å². The first-order chi connectivity index (χ1) is 14.4. The number of nitrogens with zero attached hydrogens (tertiary/aromatic N) is 2. The minimum Gasteiger partial charge on any atom is -0.379 e. The minimum absolute atomic E-state index is 0.0132. The van der Waals surface area contributed by atoms with Crippen molar-refractivity contribution in [3.05, 3.63) is 35.9 Å². The zero-order chi connectivity index (χ0) is 21.3. The lowest BCUT2D eigenvalue weighted by atomic mass is 9.71. The molecular formula is C24H35N3O3. The van der Waals surface area contributed by atoms with Crippen LogP contribution in [0.2, 0.25) is 0 Å². The molecule has 164 valence electrons. The maximum atomic E-state index is 14.0. The van der Waals surface area contributed by atoms with Crippen molar-refractivity contribution in [2.75, 3.05) is 40.3 Å². The standard InChI is InChI=1S/C24H35N3O3/c1-17(28)25-21-13-18-15-27(16-19(18)14-22(21)30-3)23(29)24(9-11-26(2)12-10-24)20-7-5-4-6-8-20/h4-8,18-19,21-22H,9-16H2,1-3H3,(H,25,28)/t18-,19+,21-,22-/m1/s1. The highest BCUT2D eigenvalue weighted by molar-refractivity contribution is 5.88. The van der Waals surface area contributed by atoms with Gasteiger partial charge in [-0.1, -0.05) is 30.3 Å². The summed E-state index contributed by atoms with van der Waals surface area (Å²) >= 11 is 0. The highest BCUT2D eigenvalue weighted by Crippen LogP contribution is 2.42. The minimum atomic E-state index is -0.418. The van der Waals surface area contributed by atoms with Crippen LogP contribution in [0.1, 0.15) is 38.2 Å². The molecule has 1 aromatic rings. The van der Waals surface area contributed by atoms with E-state index in [1.54, 1.807) is 14.0 Å². The predicted octanol–water partition coefficient (Wildman–Crippen LogP) is 2.04. The molecule has 3 aliphatic rings. The molecule has 2 heterocycles. The molecule has 3 fully saturated rings. The fraction of sp³-hybridized carbons (Fsp3) is 0.667. The van der Waals surface area contributed by atoms with Gasteiger partial charge < -0.3 is 19.9 Å². The van der Waals surface area contributed by atoms with Gasteiger partial charge in [-0.3, -0.25) is 9.59 Å². The molecule has 4 rings (SSSR count). The van der Waals surface area contributed by atoms with Crippen molar-refractivity contribution < 1.29 is 14.3 Å². The topological polar surface area (TPSA) is 61.9 Å². The number of amides is 2. The Bertz CT molecular complexity index is 760. The second kappa shape index (κ2) is 8.67. The highest BCUT2D eigenvalue weighted by atomic mass is 16.5. The van der Waals surface area contributed by atoms with Gasteiger partial charge in [0.1, 0.15) is 0 Å². The molecule has 0 bridgehead atoms. The van der Waals surface area contributed by atoms with Crippen LogP contribution in [0.4, 0.5) is 0 Å². The molecule has 0 spiro atoms. The number of likely N-dealkylation sites (tertiary alicyclic amines) is 2. The summed E-state index contributed by atoms with van der Waals surface area (Å²) in [5.41, 5.74) is 0.739. The van der Waals surface area contributed by atoms with E-state index in [-0.39, 0.29) is 18.1 Å². The molecule has 1 aliphatic carbocycles. The van der Waals surface area contributed by atoms with E-state index < -0.39 is 5.41 Å². The van der Waals surface area contributed by atoms with Crippen LogP contribution >= 0.6 is 0 Å². The van der Waals surface area contributed by atoms with Crippen LogP contribution in [0, 0.1) is 11.8 Å². The lowest BCUT2D eigenvalue weighted by Crippen LogP contribution is -2.52. The summed E-state index contributed by atoms with van der Waals surface area (Å²) in [5, 5.41) is 3.07. The van der Waals surface area contributed by atoms with Crippen LogP contribution in [0.25, 0.3) is 0 Å². The van der Waals surface area contributed by atoms with Crippen LogP contribution in [-0.4, -0.2) is 74.1 Å². The van der Waals surface area contributed by atoms with Gasteiger partial charge in [0.2, 0.25) is 11.8 Å². The molecule has 0 unspecified atom stereocenters. The van der Waals surface area contributed by atoms with Crippen LogP contribution in [0.3, 0.4) is 0 Å². The number of carbonyl (C=O) groups excluding carboxylic acids is 2. The molecule has 2 amide bonds. The molecule has 6 heteroatoms. The first kappa shape index (κ1) is 21.3. The Balaban J connectivity index is 1.54. The fourth-order valence-electron chi connectivity index (χ4n) is 5.94. The Morgan fingerprint density at radius 3 is 2.30 bits per heavy atom. The van der Waals surface area contributed by atoms with E-state index in [1.807, 2.05) is 18.2 Å². The molecule has 2 saturated heterocycles. The Kier molecular flexibility index (Phi) is 6.16. The lowest BCUT2D eigenvalue weighted by molar-refractivity contribution is -0.138. The third-order valence-corrected chi connectivity index (χ3v) is 7.67. The van der Waals surface area contributed by atoms with Gasteiger partial charge in [0.05, 0.1) is 17.6 Å². The summed E-state index contributed by atoms with van der Waals surface area (Å²) in [6.45, 7) is 5.05. The first-order valence-corrected chi connectivity index (χ1v) is 11.3. The summed E-state index contributed by atoms with van der Waals surface area (Å²) in [6.07, 6.45) is 3.54. The second-order valence-corrected chi connectivity index (χ2v) is 9.53. The largest absolute Gasteiger partial charge is 0.379 e. The Hall–Kier alpha value is -1.92. The van der Waals surface area contributed by atoms with Gasteiger partial charge in [-0.2, -0.15) is 0 Å². The Labute approximate surface area is 179 Å². The number of rotatable bonds is 4. The molecule has 0 radical (unpaired) electrons. The van der Waals surface area contributed by atoms with Gasteiger partial charge in [0.15, 0.2) is 0 Å². The molecule has 1 saturated carbocycles. The summed E-state index contributed by atoms with van der Waals surface area (Å²) in [5.74, 6) is 1.15. The van der Waals surface area contributed by atoms with E-state index in [0.29, 0.717) is 17.7 Å². The van der Waals surface area contributed by atoms with Crippen molar-refractivity contribution in [3.8, 4) is 0 Å².